The Kier molecular flexibility index (Phi) is 5.12. The van der Waals surface area contributed by atoms with E-state index < -0.39 is 5.91 Å². The first kappa shape index (κ1) is 19.6. The summed E-state index contributed by atoms with van der Waals surface area (Å²) in [5.41, 5.74) is 1.25. The molecule has 0 saturated carbocycles. The molecule has 1 aromatic carbocycles. The number of aromatic nitrogens is 2. The van der Waals surface area contributed by atoms with E-state index in [1.165, 1.54) is 18.8 Å². The molecule has 2 aromatic rings. The lowest BCUT2D eigenvalue weighted by atomic mass is 10.2. The van der Waals surface area contributed by atoms with Gasteiger partial charge in [-0.15, -0.1) is 0 Å². The van der Waals surface area contributed by atoms with Crippen LogP contribution in [-0.2, 0) is 9.59 Å². The van der Waals surface area contributed by atoms with Gasteiger partial charge in [-0.25, -0.2) is 9.97 Å². The number of rotatable bonds is 0. The molecule has 9 heteroatoms. The van der Waals surface area contributed by atoms with Crippen molar-refractivity contribution in [3.05, 3.63) is 78.2 Å². The van der Waals surface area contributed by atoms with E-state index in [1.54, 1.807) is 47.7 Å². The van der Waals surface area contributed by atoms with Crippen molar-refractivity contribution >= 4 is 35.1 Å². The highest BCUT2D eigenvalue weighted by Crippen LogP contribution is 2.21. The summed E-state index contributed by atoms with van der Waals surface area (Å²) in [5, 5.41) is 0.530. The number of aliphatic imine (C=N–C) groups is 1. The number of carbonyl (C=O) groups excluding carboxylic acids is 2. The Balaban J connectivity index is 1.63. The smallest absolute Gasteiger partial charge is 0.281 e. The molecule has 0 spiro atoms. The molecule has 0 fully saturated rings. The molecule has 0 saturated heterocycles. The topological polar surface area (TPSA) is 100 Å². The molecule has 0 atom stereocenters. The molecule has 4 bridgehead atoms. The predicted molar refractivity (Wildman–Crippen MR) is 118 cm³/mol. The van der Waals surface area contributed by atoms with Gasteiger partial charge in [-0.1, -0.05) is 18.2 Å². The lowest BCUT2D eigenvalue weighted by molar-refractivity contribution is -0.127. The third kappa shape index (κ3) is 3.83. The van der Waals surface area contributed by atoms with Gasteiger partial charge >= 0.3 is 0 Å². The molecule has 2 amide bonds. The fraction of sp³-hybridized carbons (Fsp3) is 0.130. The van der Waals surface area contributed by atoms with Crippen LogP contribution in [-0.4, -0.2) is 46.0 Å². The maximum atomic E-state index is 12.6. The number of hydrogen-bond donors (Lipinski definition) is 0. The van der Waals surface area contributed by atoms with Crippen LogP contribution in [0.4, 0.5) is 11.5 Å². The summed E-state index contributed by atoms with van der Waals surface area (Å²) in [4.78, 5) is 45.7. The summed E-state index contributed by atoms with van der Waals surface area (Å²) >= 11 is 0. The SMILES string of the molecule is O=C1N=c2ncnc3c2=C1C=Nc1cccc(c1)O/C=C\C=C/CC(=O)N1C=CN3CC1. The largest absolute Gasteiger partial charge is 0.465 e. The molecule has 0 N–H and O–H groups in total. The van der Waals surface area contributed by atoms with Crippen molar-refractivity contribution in [3.63, 3.8) is 0 Å². The van der Waals surface area contributed by atoms with Gasteiger partial charge in [0.1, 0.15) is 17.9 Å². The van der Waals surface area contributed by atoms with Crippen molar-refractivity contribution in [1.29, 1.82) is 0 Å². The number of carbonyl (C=O) groups is 2. The summed E-state index contributed by atoms with van der Waals surface area (Å²) in [5.74, 6) is 0.702. The number of anilines is 1. The number of nitrogens with zero attached hydrogens (tertiary/aromatic N) is 6. The standard InChI is InChI=1S/C23H18N6O3/c30-19-7-2-1-3-12-32-17-6-4-5-16(13-17)24-14-18-20-21(27-23(18)31)25-15-26-22(20)29-10-8-28(19)9-11-29/h1-6,8,10,12-15H,7,9,11H2/b2-1-,12-3-,24-14?. The number of benzene rings is 1. The van der Waals surface area contributed by atoms with E-state index in [0.717, 1.165) is 0 Å². The summed E-state index contributed by atoms with van der Waals surface area (Å²) in [6.45, 7) is 1.01. The molecular weight excluding hydrogens is 408 g/mol. The van der Waals surface area contributed by atoms with E-state index in [9.17, 15) is 9.59 Å². The van der Waals surface area contributed by atoms with Gasteiger partial charge < -0.3 is 14.5 Å². The van der Waals surface area contributed by atoms with Crippen LogP contribution in [0.25, 0.3) is 5.57 Å². The molecular formula is C23H18N6O3. The Labute approximate surface area is 183 Å². The highest BCUT2D eigenvalue weighted by molar-refractivity contribution is 6.36. The van der Waals surface area contributed by atoms with Crippen LogP contribution < -0.4 is 20.3 Å². The first-order valence-corrected chi connectivity index (χ1v) is 10.0. The number of amides is 2. The van der Waals surface area contributed by atoms with E-state index in [-0.39, 0.29) is 12.3 Å². The molecule has 158 valence electrons. The summed E-state index contributed by atoms with van der Waals surface area (Å²) in [6.07, 6.45) is 13.4. The second kappa shape index (κ2) is 8.38. The van der Waals surface area contributed by atoms with Crippen LogP contribution in [0.1, 0.15) is 6.42 Å². The van der Waals surface area contributed by atoms with E-state index in [2.05, 4.69) is 20.0 Å². The summed E-state index contributed by atoms with van der Waals surface area (Å²) < 4.78 is 5.60. The van der Waals surface area contributed by atoms with Crippen LogP contribution in [0, 0.1) is 0 Å². The van der Waals surface area contributed by atoms with Gasteiger partial charge in [-0.2, -0.15) is 4.99 Å². The molecule has 4 aliphatic rings. The van der Waals surface area contributed by atoms with Crippen LogP contribution in [0.2, 0.25) is 0 Å². The third-order valence-electron chi connectivity index (χ3n) is 5.10. The van der Waals surface area contributed by atoms with Gasteiger partial charge in [0.25, 0.3) is 5.91 Å². The molecule has 6 rings (SSSR count). The fourth-order valence-corrected chi connectivity index (χ4v) is 3.51. The summed E-state index contributed by atoms with van der Waals surface area (Å²) in [6, 6.07) is 7.17. The monoisotopic (exact) mass is 426 g/mol. The quantitative estimate of drug-likeness (QED) is 0.627. The number of fused-ring (bicyclic) bond motifs is 5. The van der Waals surface area contributed by atoms with Crippen molar-refractivity contribution in [3.8, 4) is 5.75 Å². The van der Waals surface area contributed by atoms with Gasteiger partial charge in [0, 0.05) is 44.2 Å². The third-order valence-corrected chi connectivity index (χ3v) is 5.10. The molecule has 0 unspecified atom stereocenters. The minimum atomic E-state index is -0.421. The number of hydrogen-bond acceptors (Lipinski definition) is 7. The molecule has 9 nitrogen and oxygen atoms in total. The molecule has 0 aliphatic carbocycles. The Hall–Kier alpha value is -4.40. The first-order chi connectivity index (χ1) is 15.7. The van der Waals surface area contributed by atoms with Crippen LogP contribution in [0.5, 0.6) is 5.75 Å². The lowest BCUT2D eigenvalue weighted by Crippen LogP contribution is -2.42. The molecule has 1 aromatic heterocycles. The number of allylic oxidation sites excluding steroid dienone is 2. The van der Waals surface area contributed by atoms with E-state index >= 15 is 0 Å². The lowest BCUT2D eigenvalue weighted by Gasteiger charge is -2.29. The zero-order chi connectivity index (χ0) is 21.9. The second-order valence-corrected chi connectivity index (χ2v) is 7.14. The highest BCUT2D eigenvalue weighted by atomic mass is 16.5. The molecule has 5 heterocycles. The molecule has 0 radical (unpaired) electrons. The van der Waals surface area contributed by atoms with E-state index in [1.807, 2.05) is 17.0 Å². The van der Waals surface area contributed by atoms with E-state index in [0.29, 0.717) is 46.6 Å². The van der Waals surface area contributed by atoms with Crippen LogP contribution in [0.15, 0.2) is 77.5 Å². The van der Waals surface area contributed by atoms with Crippen molar-refractivity contribution in [1.82, 2.24) is 14.9 Å². The zero-order valence-electron chi connectivity index (χ0n) is 17.0. The highest BCUT2D eigenvalue weighted by Gasteiger charge is 2.23. The van der Waals surface area contributed by atoms with Crippen molar-refractivity contribution in [2.45, 2.75) is 6.42 Å². The second-order valence-electron chi connectivity index (χ2n) is 7.14. The van der Waals surface area contributed by atoms with E-state index in [4.69, 9.17) is 4.74 Å². The Bertz CT molecular complexity index is 1340. The Morgan fingerprint density at radius 1 is 1.00 bits per heavy atom. The minimum Gasteiger partial charge on any atom is -0.465 e. The van der Waals surface area contributed by atoms with Gasteiger partial charge in [0.2, 0.25) is 5.91 Å². The van der Waals surface area contributed by atoms with Gasteiger partial charge in [-0.05, 0) is 18.2 Å². The summed E-state index contributed by atoms with van der Waals surface area (Å²) in [7, 11) is 0. The Morgan fingerprint density at radius 3 is 2.75 bits per heavy atom. The number of ether oxygens (including phenoxy) is 1. The van der Waals surface area contributed by atoms with Crippen molar-refractivity contribution in [2.24, 2.45) is 9.98 Å². The zero-order valence-corrected chi connectivity index (χ0v) is 17.0. The fourth-order valence-electron chi connectivity index (χ4n) is 3.51. The van der Waals surface area contributed by atoms with Crippen molar-refractivity contribution in [2.75, 3.05) is 18.0 Å². The average molecular weight is 426 g/mol. The van der Waals surface area contributed by atoms with Gasteiger partial charge in [0.05, 0.1) is 22.7 Å². The van der Waals surface area contributed by atoms with Gasteiger partial charge in [-0.3, -0.25) is 14.6 Å². The first-order valence-electron chi connectivity index (χ1n) is 10.0. The van der Waals surface area contributed by atoms with Gasteiger partial charge in [0.15, 0.2) is 5.49 Å². The maximum absolute atomic E-state index is 12.6. The molecule has 4 aliphatic heterocycles. The maximum Gasteiger partial charge on any atom is 0.281 e. The van der Waals surface area contributed by atoms with Crippen LogP contribution in [0.3, 0.4) is 0 Å². The minimum absolute atomic E-state index is 0.0189. The molecule has 32 heavy (non-hydrogen) atoms. The average Bonchev–Trinajstić information content (AvgIpc) is 3.14. The van der Waals surface area contributed by atoms with Crippen LogP contribution >= 0.6 is 0 Å². The normalized spacial score (nSPS) is 19.6. The predicted octanol–water partition coefficient (Wildman–Crippen LogP) is 1.16. The Morgan fingerprint density at radius 2 is 1.88 bits per heavy atom. The van der Waals surface area contributed by atoms with Crippen molar-refractivity contribution < 1.29 is 14.3 Å².